The minimum absolute atomic E-state index is 0.0824. The van der Waals surface area contributed by atoms with Crippen molar-refractivity contribution in [3.63, 3.8) is 0 Å². The lowest BCUT2D eigenvalue weighted by molar-refractivity contribution is 0.0526. The van der Waals surface area contributed by atoms with E-state index in [1.54, 1.807) is 25.3 Å². The number of fused-ring (bicyclic) bond motifs is 4. The van der Waals surface area contributed by atoms with Gasteiger partial charge in [-0.05, 0) is 56.5 Å². The molecule has 2 unspecified atom stereocenters. The molecular weight excluding hydrogens is 400 g/mol. The predicted octanol–water partition coefficient (Wildman–Crippen LogP) is 5.00. The monoisotopic (exact) mass is 428 g/mol. The van der Waals surface area contributed by atoms with Gasteiger partial charge in [0, 0.05) is 35.9 Å². The van der Waals surface area contributed by atoms with E-state index >= 15 is 0 Å². The Morgan fingerprint density at radius 2 is 2.09 bits per heavy atom. The maximum atomic E-state index is 12.2. The largest absolute Gasteiger partial charge is 0.462 e. The Morgan fingerprint density at radius 3 is 2.88 bits per heavy atom. The van der Waals surface area contributed by atoms with Crippen molar-refractivity contribution in [1.29, 1.82) is 0 Å². The van der Waals surface area contributed by atoms with Crippen LogP contribution in [-0.4, -0.2) is 23.8 Å². The molecule has 0 radical (unpaired) electrons. The quantitative estimate of drug-likeness (QED) is 0.414. The average Bonchev–Trinajstić information content (AvgIpc) is 2.76. The molecule has 1 heterocycles. The summed E-state index contributed by atoms with van der Waals surface area (Å²) in [6, 6.07) is 10.9. The zero-order chi connectivity index (χ0) is 22.7. The molecule has 0 amide bonds. The highest BCUT2D eigenvalue weighted by Gasteiger charge is 2.46. The number of H-pyrrole nitrogens is 1. The summed E-state index contributed by atoms with van der Waals surface area (Å²) in [7, 11) is 0. The summed E-state index contributed by atoms with van der Waals surface area (Å²) in [5.74, 6) is -0.106. The van der Waals surface area contributed by atoms with E-state index in [0.717, 1.165) is 29.7 Å². The number of benzene rings is 1. The maximum absolute atomic E-state index is 12.2. The Balaban J connectivity index is 1.72. The molecule has 4 rings (SSSR count). The third-order valence-electron chi connectivity index (χ3n) is 6.19. The van der Waals surface area contributed by atoms with E-state index in [1.807, 2.05) is 36.4 Å². The normalized spacial score (nSPS) is 23.4. The van der Waals surface area contributed by atoms with E-state index < -0.39 is 5.54 Å². The summed E-state index contributed by atoms with van der Waals surface area (Å²) >= 11 is 0. The number of carbonyl (C=O) groups excluding carboxylic acids is 1. The molecule has 0 fully saturated rings. The number of aromatic amines is 1. The fourth-order valence-electron chi connectivity index (χ4n) is 5.01. The molecule has 5 heteroatoms. The van der Waals surface area contributed by atoms with Gasteiger partial charge in [0.15, 0.2) is 0 Å². The van der Waals surface area contributed by atoms with Gasteiger partial charge >= 0.3 is 5.97 Å². The summed E-state index contributed by atoms with van der Waals surface area (Å²) in [6.45, 7) is 6.34. The molecule has 2 aromatic rings. The number of ether oxygens (including phenoxy) is 1. The number of hydrogen-bond donors (Lipinski definition) is 1. The van der Waals surface area contributed by atoms with Crippen LogP contribution in [0.25, 0.3) is 6.08 Å². The van der Waals surface area contributed by atoms with E-state index in [1.165, 1.54) is 11.1 Å². The first-order valence-electron chi connectivity index (χ1n) is 11.0. The lowest BCUT2D eigenvalue weighted by atomic mass is 9.63. The number of aromatic nitrogens is 1. The van der Waals surface area contributed by atoms with Gasteiger partial charge < -0.3 is 9.72 Å². The van der Waals surface area contributed by atoms with Crippen LogP contribution in [0, 0.1) is 5.92 Å². The van der Waals surface area contributed by atoms with Crippen LogP contribution >= 0.6 is 0 Å². The molecule has 0 saturated heterocycles. The summed E-state index contributed by atoms with van der Waals surface area (Å²) in [5, 5.41) is 0. The van der Waals surface area contributed by atoms with Crippen LogP contribution in [-0.2, 0) is 16.7 Å². The van der Waals surface area contributed by atoms with E-state index in [0.29, 0.717) is 12.2 Å². The molecule has 5 nitrogen and oxygen atoms in total. The topological polar surface area (TPSA) is 71.5 Å². The van der Waals surface area contributed by atoms with Gasteiger partial charge in [-0.2, -0.15) is 0 Å². The van der Waals surface area contributed by atoms with E-state index in [4.69, 9.17) is 9.73 Å². The van der Waals surface area contributed by atoms with Crippen LogP contribution in [0.15, 0.2) is 75.6 Å². The van der Waals surface area contributed by atoms with Gasteiger partial charge in [0.1, 0.15) is 5.54 Å². The Kier molecular flexibility index (Phi) is 6.08. The van der Waals surface area contributed by atoms with Gasteiger partial charge in [0.2, 0.25) is 5.56 Å². The molecule has 2 bridgehead atoms. The number of rotatable bonds is 5. The van der Waals surface area contributed by atoms with E-state index in [9.17, 15) is 9.59 Å². The molecule has 1 aromatic heterocycles. The van der Waals surface area contributed by atoms with Crippen molar-refractivity contribution in [1.82, 2.24) is 4.98 Å². The lowest BCUT2D eigenvalue weighted by Gasteiger charge is -2.45. The van der Waals surface area contributed by atoms with Crippen molar-refractivity contribution in [3.8, 4) is 0 Å². The number of esters is 1. The fraction of sp³-hybridized carbons (Fsp3) is 0.296. The van der Waals surface area contributed by atoms with Gasteiger partial charge in [0.25, 0.3) is 0 Å². The van der Waals surface area contributed by atoms with Crippen LogP contribution in [0.1, 0.15) is 54.4 Å². The van der Waals surface area contributed by atoms with Crippen molar-refractivity contribution in [2.45, 2.75) is 39.2 Å². The third-order valence-corrected chi connectivity index (χ3v) is 6.19. The van der Waals surface area contributed by atoms with Gasteiger partial charge in [-0.3, -0.25) is 9.79 Å². The van der Waals surface area contributed by atoms with Crippen molar-refractivity contribution >= 4 is 18.3 Å². The highest BCUT2D eigenvalue weighted by Crippen LogP contribution is 2.51. The number of hydrogen-bond acceptors (Lipinski definition) is 4. The minimum atomic E-state index is -0.527. The SMILES string of the molecule is CC=C1C2C=C(C)CC1(N=CC=Cc1ccccc1C(=O)OCC)c1ccc(=O)[nH]c1C2. The second-order valence-corrected chi connectivity index (χ2v) is 8.26. The summed E-state index contributed by atoms with van der Waals surface area (Å²) in [4.78, 5) is 32.3. The maximum Gasteiger partial charge on any atom is 0.338 e. The number of aliphatic imine (C=N–C) groups is 1. The van der Waals surface area contributed by atoms with Crippen LogP contribution in [0.4, 0.5) is 0 Å². The number of nitrogens with zero attached hydrogens (tertiary/aromatic N) is 1. The number of allylic oxidation sites excluding steroid dienone is 3. The third kappa shape index (κ3) is 3.91. The van der Waals surface area contributed by atoms with Crippen LogP contribution in [0.3, 0.4) is 0 Å². The zero-order valence-electron chi connectivity index (χ0n) is 18.7. The number of carbonyl (C=O) groups is 1. The molecule has 0 aliphatic heterocycles. The first-order valence-corrected chi connectivity index (χ1v) is 11.0. The van der Waals surface area contributed by atoms with Crippen LogP contribution in [0.2, 0.25) is 0 Å². The standard InChI is InChI=1S/C27H28N2O3/c1-4-22-20-15-18(3)17-27(22,23-12-13-25(30)29-24(23)16-20)28-14-8-10-19-9-6-7-11-21(19)26(31)32-5-2/h4,6-15,20H,5,16-17H2,1-3H3,(H,29,30). The highest BCUT2D eigenvalue weighted by atomic mass is 16.5. The number of nitrogens with one attached hydrogen (secondary N) is 1. The van der Waals surface area contributed by atoms with Gasteiger partial charge in [0.05, 0.1) is 12.2 Å². The van der Waals surface area contributed by atoms with Gasteiger partial charge in [-0.25, -0.2) is 4.79 Å². The van der Waals surface area contributed by atoms with Crippen molar-refractivity contribution in [2.24, 2.45) is 10.9 Å². The molecular formula is C27H28N2O3. The molecule has 164 valence electrons. The molecule has 2 aliphatic rings. The zero-order valence-corrected chi connectivity index (χ0v) is 18.7. The summed E-state index contributed by atoms with van der Waals surface area (Å²) in [5.41, 5.74) is 5.29. The Bertz CT molecular complexity index is 1220. The smallest absolute Gasteiger partial charge is 0.338 e. The molecule has 0 saturated carbocycles. The predicted molar refractivity (Wildman–Crippen MR) is 128 cm³/mol. The second-order valence-electron chi connectivity index (χ2n) is 8.26. The van der Waals surface area contributed by atoms with Gasteiger partial charge in [-0.15, -0.1) is 0 Å². The van der Waals surface area contributed by atoms with E-state index in [-0.39, 0.29) is 17.4 Å². The summed E-state index contributed by atoms with van der Waals surface area (Å²) < 4.78 is 5.16. The van der Waals surface area contributed by atoms with Crippen molar-refractivity contribution in [2.75, 3.05) is 6.61 Å². The van der Waals surface area contributed by atoms with Crippen LogP contribution < -0.4 is 5.56 Å². The number of pyridine rings is 1. The Morgan fingerprint density at radius 1 is 1.28 bits per heavy atom. The minimum Gasteiger partial charge on any atom is -0.462 e. The second kappa shape index (κ2) is 8.95. The Labute approximate surface area is 188 Å². The van der Waals surface area contributed by atoms with Crippen LogP contribution in [0.5, 0.6) is 0 Å². The molecule has 32 heavy (non-hydrogen) atoms. The van der Waals surface area contributed by atoms with Crippen molar-refractivity contribution < 1.29 is 9.53 Å². The van der Waals surface area contributed by atoms with E-state index in [2.05, 4.69) is 31.0 Å². The van der Waals surface area contributed by atoms with Gasteiger partial charge in [-0.1, -0.05) is 42.0 Å². The van der Waals surface area contributed by atoms with Crippen molar-refractivity contribution in [3.05, 3.63) is 98.5 Å². The first-order chi connectivity index (χ1) is 15.5. The molecule has 0 spiro atoms. The molecule has 2 aliphatic carbocycles. The average molecular weight is 429 g/mol. The lowest BCUT2D eigenvalue weighted by Crippen LogP contribution is -2.40. The Hall–Kier alpha value is -3.47. The molecule has 1 aromatic carbocycles. The first kappa shape index (κ1) is 21.8. The highest BCUT2D eigenvalue weighted by molar-refractivity contribution is 5.94. The fourth-order valence-corrected chi connectivity index (χ4v) is 5.01. The molecule has 1 N–H and O–H groups in total. The summed E-state index contributed by atoms with van der Waals surface area (Å²) in [6.07, 6.45) is 11.6. The molecule has 2 atom stereocenters.